The van der Waals surface area contributed by atoms with Crippen molar-refractivity contribution in [2.24, 2.45) is 0 Å². The quantitative estimate of drug-likeness (QED) is 0.130. The Morgan fingerprint density at radius 3 is 2.65 bits per heavy atom. The lowest BCUT2D eigenvalue weighted by Crippen LogP contribution is -2.16. The number of hydrogen-bond acceptors (Lipinski definition) is 12. The second-order valence-corrected chi connectivity index (χ2v) is 15.5. The molecule has 0 bridgehead atoms. The third-order valence-corrected chi connectivity index (χ3v) is 12.2. The summed E-state index contributed by atoms with van der Waals surface area (Å²) in [6, 6.07) is 0. The van der Waals surface area contributed by atoms with Crippen LogP contribution in [0.4, 0.5) is 5.82 Å². The van der Waals surface area contributed by atoms with Gasteiger partial charge < -0.3 is 29.5 Å². The number of imidazole rings is 1. The Labute approximate surface area is 218 Å². The van der Waals surface area contributed by atoms with Gasteiger partial charge in [-0.25, -0.2) is 23.8 Å². The summed E-state index contributed by atoms with van der Waals surface area (Å²) in [6.45, 7) is 4.26. The Bertz CT molecular complexity index is 1220. The van der Waals surface area contributed by atoms with Crippen LogP contribution in [0.3, 0.4) is 0 Å². The van der Waals surface area contributed by atoms with Crippen LogP contribution in [-0.4, -0.2) is 78.6 Å². The molecule has 2 aromatic rings. The first-order valence-corrected chi connectivity index (χ1v) is 17.7. The van der Waals surface area contributed by atoms with Gasteiger partial charge in [-0.2, -0.15) is 0 Å². The SMILES string of the molecule is CCCSc1nc(NCC)c2ncn([C@H]3CC[C@@H](COP(=O)(O)OP(=O)(O)CP(=O)(O)COC)O3)c2n1. The number of phosphoric acid groups is 1. The van der Waals surface area contributed by atoms with Gasteiger partial charge in [0.05, 0.1) is 19.0 Å². The van der Waals surface area contributed by atoms with E-state index in [-0.39, 0.29) is 0 Å². The summed E-state index contributed by atoms with van der Waals surface area (Å²) in [6.07, 6.45) is 1.71. The standard InChI is InChI=1S/C18H32N5O10P3S/c1-4-8-37-18-21-16(19-5-2)15-17(22-18)23(10-20-15)14-7-6-13(32-14)9-31-36(28,29)33-35(26,27)12-34(24,25)11-30-3/h10,13-14H,4-9,11-12H2,1-3H3,(H,24,25)(H,26,27)(H,28,29)(H,19,21,22)/t13-,14+/m0/s1. The molecule has 4 N–H and O–H groups in total. The molecular formula is C18H32N5O10P3S. The average Bonchev–Trinajstić information content (AvgIpc) is 3.42. The van der Waals surface area contributed by atoms with E-state index in [9.17, 15) is 28.4 Å². The average molecular weight is 603 g/mol. The van der Waals surface area contributed by atoms with E-state index in [1.54, 1.807) is 10.9 Å². The highest BCUT2D eigenvalue weighted by molar-refractivity contribution is 7.99. The maximum atomic E-state index is 12.2. The van der Waals surface area contributed by atoms with Gasteiger partial charge in [-0.3, -0.25) is 18.2 Å². The lowest BCUT2D eigenvalue weighted by atomic mass is 10.2. The molecule has 15 nitrogen and oxygen atoms in total. The van der Waals surface area contributed by atoms with Crippen molar-refractivity contribution >= 4 is 51.5 Å². The zero-order chi connectivity index (χ0) is 27.3. The predicted molar refractivity (Wildman–Crippen MR) is 137 cm³/mol. The summed E-state index contributed by atoms with van der Waals surface area (Å²) < 4.78 is 57.5. The number of thioether (sulfide) groups is 1. The van der Waals surface area contributed by atoms with Gasteiger partial charge in [0.1, 0.15) is 18.5 Å². The summed E-state index contributed by atoms with van der Waals surface area (Å²) in [5, 5.41) is 3.81. The highest BCUT2D eigenvalue weighted by Gasteiger charge is 2.40. The molecular weight excluding hydrogens is 571 g/mol. The molecule has 210 valence electrons. The molecule has 19 heteroatoms. The molecule has 0 radical (unpaired) electrons. The van der Waals surface area contributed by atoms with Crippen LogP contribution in [0.25, 0.3) is 11.2 Å². The van der Waals surface area contributed by atoms with Crippen LogP contribution in [0.5, 0.6) is 0 Å². The van der Waals surface area contributed by atoms with Crippen molar-refractivity contribution in [3.8, 4) is 0 Å². The molecule has 37 heavy (non-hydrogen) atoms. The van der Waals surface area contributed by atoms with Gasteiger partial charge in [0.25, 0.3) is 0 Å². The van der Waals surface area contributed by atoms with Gasteiger partial charge >= 0.3 is 15.4 Å². The lowest BCUT2D eigenvalue weighted by Gasteiger charge is -2.20. The van der Waals surface area contributed by atoms with Crippen molar-refractivity contribution in [1.82, 2.24) is 19.5 Å². The fourth-order valence-corrected chi connectivity index (χ4v) is 9.74. The van der Waals surface area contributed by atoms with E-state index in [4.69, 9.17) is 9.26 Å². The number of hydrogen-bond donors (Lipinski definition) is 4. The van der Waals surface area contributed by atoms with E-state index in [0.717, 1.165) is 19.3 Å². The Hall–Kier alpha value is -0.890. The van der Waals surface area contributed by atoms with Crippen molar-refractivity contribution in [1.29, 1.82) is 0 Å². The largest absolute Gasteiger partial charge is 0.479 e. The van der Waals surface area contributed by atoms with Gasteiger partial charge in [0.15, 0.2) is 22.1 Å². The van der Waals surface area contributed by atoms with Crippen molar-refractivity contribution in [3.05, 3.63) is 6.33 Å². The number of ether oxygens (including phenoxy) is 2. The molecule has 0 amide bonds. The summed E-state index contributed by atoms with van der Waals surface area (Å²) in [5.41, 5.74) is 1.17. The molecule has 3 rings (SSSR count). The van der Waals surface area contributed by atoms with Crippen molar-refractivity contribution in [2.45, 2.75) is 50.6 Å². The maximum absolute atomic E-state index is 12.2. The first-order chi connectivity index (χ1) is 17.4. The number of nitrogens with zero attached hydrogens (tertiary/aromatic N) is 4. The number of phosphoric ester groups is 1. The van der Waals surface area contributed by atoms with E-state index < -0.39 is 54.0 Å². The molecule has 0 aromatic carbocycles. The second-order valence-electron chi connectivity index (χ2n) is 8.24. The summed E-state index contributed by atoms with van der Waals surface area (Å²) >= 11 is 1.53. The molecule has 1 aliphatic rings. The van der Waals surface area contributed by atoms with Crippen LogP contribution in [0.15, 0.2) is 11.5 Å². The summed E-state index contributed by atoms with van der Waals surface area (Å²) in [5.74, 6) is 0.219. The van der Waals surface area contributed by atoms with Crippen LogP contribution in [-0.2, 0) is 32.0 Å². The monoisotopic (exact) mass is 603 g/mol. The highest BCUT2D eigenvalue weighted by atomic mass is 32.2. The van der Waals surface area contributed by atoms with E-state index in [1.807, 2.05) is 6.92 Å². The van der Waals surface area contributed by atoms with Crippen LogP contribution in [0.2, 0.25) is 0 Å². The number of anilines is 1. The Morgan fingerprint density at radius 2 is 1.97 bits per heavy atom. The molecule has 0 spiro atoms. The van der Waals surface area contributed by atoms with E-state index >= 15 is 0 Å². The molecule has 5 atom stereocenters. The molecule has 0 saturated carbocycles. The van der Waals surface area contributed by atoms with Gasteiger partial charge in [0, 0.05) is 19.4 Å². The molecule has 3 unspecified atom stereocenters. The zero-order valence-electron chi connectivity index (χ0n) is 20.6. The predicted octanol–water partition coefficient (Wildman–Crippen LogP) is 3.59. The number of rotatable bonds is 15. The van der Waals surface area contributed by atoms with Gasteiger partial charge in [0.2, 0.25) is 7.37 Å². The number of fused-ring (bicyclic) bond motifs is 1. The second kappa shape index (κ2) is 13.0. The third-order valence-electron chi connectivity index (χ3n) is 4.96. The summed E-state index contributed by atoms with van der Waals surface area (Å²) in [7, 11) is -13.1. The fraction of sp³-hybridized carbons (Fsp3) is 0.722. The van der Waals surface area contributed by atoms with Crippen molar-refractivity contribution in [3.63, 3.8) is 0 Å². The normalized spacial score (nSPS) is 23.0. The van der Waals surface area contributed by atoms with E-state index in [1.165, 1.54) is 11.8 Å². The Kier molecular flexibility index (Phi) is 10.7. The summed E-state index contributed by atoms with van der Waals surface area (Å²) in [4.78, 5) is 42.9. The van der Waals surface area contributed by atoms with E-state index in [0.29, 0.717) is 41.5 Å². The van der Waals surface area contributed by atoms with Crippen LogP contribution >= 0.6 is 34.5 Å². The van der Waals surface area contributed by atoms with Gasteiger partial charge in [-0.05, 0) is 26.2 Å². The van der Waals surface area contributed by atoms with Crippen molar-refractivity contribution < 1.29 is 46.7 Å². The lowest BCUT2D eigenvalue weighted by molar-refractivity contribution is -0.0202. The fourth-order valence-electron chi connectivity index (χ4n) is 3.58. The smallest absolute Gasteiger partial charge is 0.375 e. The van der Waals surface area contributed by atoms with Crippen molar-refractivity contribution in [2.75, 3.05) is 43.6 Å². The Balaban J connectivity index is 1.65. The Morgan fingerprint density at radius 1 is 1.22 bits per heavy atom. The first kappa shape index (κ1) is 30.6. The van der Waals surface area contributed by atoms with Crippen LogP contribution < -0.4 is 5.32 Å². The van der Waals surface area contributed by atoms with Crippen LogP contribution in [0.1, 0.15) is 39.3 Å². The molecule has 1 aliphatic heterocycles. The highest BCUT2D eigenvalue weighted by Crippen LogP contribution is 2.66. The number of nitrogens with one attached hydrogen (secondary N) is 1. The van der Waals surface area contributed by atoms with Gasteiger partial charge in [-0.15, -0.1) is 0 Å². The number of aromatic nitrogens is 4. The van der Waals surface area contributed by atoms with E-state index in [2.05, 4.69) is 36.2 Å². The molecule has 1 fully saturated rings. The minimum atomic E-state index is -5.04. The maximum Gasteiger partial charge on any atom is 0.479 e. The topological polar surface area (TPSA) is 204 Å². The minimum Gasteiger partial charge on any atom is -0.375 e. The minimum absolute atomic E-state index is 0.416. The van der Waals surface area contributed by atoms with Crippen LogP contribution in [0, 0.1) is 0 Å². The number of methoxy groups -OCH3 is 1. The zero-order valence-corrected chi connectivity index (χ0v) is 24.1. The molecule has 3 heterocycles. The molecule has 1 saturated heterocycles. The first-order valence-electron chi connectivity index (χ1n) is 11.5. The van der Waals surface area contributed by atoms with Gasteiger partial charge in [-0.1, -0.05) is 18.7 Å². The third kappa shape index (κ3) is 8.81. The molecule has 2 aromatic heterocycles. The molecule has 0 aliphatic carbocycles.